The van der Waals surface area contributed by atoms with E-state index in [4.69, 9.17) is 0 Å². The molecule has 3 rings (SSSR count). The number of aromatic nitrogens is 2. The van der Waals surface area contributed by atoms with E-state index in [1.165, 1.54) is 19.3 Å². The van der Waals surface area contributed by atoms with Crippen molar-refractivity contribution >= 4 is 5.82 Å². The second-order valence-electron chi connectivity index (χ2n) is 6.24. The first kappa shape index (κ1) is 13.8. The van der Waals surface area contributed by atoms with Crippen LogP contribution in [-0.2, 0) is 0 Å². The first-order chi connectivity index (χ1) is 9.81. The molecule has 1 aliphatic heterocycles. The average molecular weight is 276 g/mol. The largest absolute Gasteiger partial charge is 0.396 e. The lowest BCUT2D eigenvalue weighted by molar-refractivity contribution is 0.0575. The number of anilines is 1. The molecule has 1 saturated heterocycles. The van der Waals surface area contributed by atoms with Crippen molar-refractivity contribution in [3.8, 4) is 0 Å². The van der Waals surface area contributed by atoms with Crippen LogP contribution in [0.5, 0.6) is 0 Å². The summed E-state index contributed by atoms with van der Waals surface area (Å²) < 4.78 is 0. The van der Waals surface area contributed by atoms with Gasteiger partial charge in [0.1, 0.15) is 12.1 Å². The fraction of sp³-hybridized carbons (Fsp3) is 0.733. The molecule has 0 amide bonds. The molecule has 2 heterocycles. The smallest absolute Gasteiger partial charge is 0.129 e. The van der Waals surface area contributed by atoms with Gasteiger partial charge in [-0.2, -0.15) is 0 Å². The van der Waals surface area contributed by atoms with Crippen molar-refractivity contribution in [1.29, 1.82) is 0 Å². The van der Waals surface area contributed by atoms with Crippen LogP contribution in [-0.4, -0.2) is 41.3 Å². The maximum absolute atomic E-state index is 9.49. The van der Waals surface area contributed by atoms with Crippen molar-refractivity contribution in [3.05, 3.63) is 18.1 Å². The van der Waals surface area contributed by atoms with Crippen molar-refractivity contribution in [1.82, 2.24) is 15.3 Å². The lowest BCUT2D eigenvalue weighted by atomic mass is 9.69. The van der Waals surface area contributed by atoms with E-state index in [1.807, 2.05) is 0 Å². The van der Waals surface area contributed by atoms with Gasteiger partial charge in [-0.25, -0.2) is 9.97 Å². The zero-order valence-electron chi connectivity index (χ0n) is 11.9. The summed E-state index contributed by atoms with van der Waals surface area (Å²) in [7, 11) is 0. The van der Waals surface area contributed by atoms with Crippen molar-refractivity contribution in [2.75, 3.05) is 31.6 Å². The molecular formula is C15H24N4O. The molecule has 1 aromatic rings. The molecule has 0 radical (unpaired) electrons. The van der Waals surface area contributed by atoms with Gasteiger partial charge in [-0.3, -0.25) is 0 Å². The molecule has 20 heavy (non-hydrogen) atoms. The van der Waals surface area contributed by atoms with Crippen LogP contribution in [0.15, 0.2) is 12.4 Å². The Kier molecular flexibility index (Phi) is 4.17. The molecule has 0 bridgehead atoms. The molecule has 1 atom stereocenters. The quantitative estimate of drug-likeness (QED) is 0.760. The Morgan fingerprint density at radius 3 is 2.90 bits per heavy atom. The summed E-state index contributed by atoms with van der Waals surface area (Å²) in [5, 5.41) is 16.3. The normalized spacial score (nSPS) is 24.9. The molecule has 0 spiro atoms. The van der Waals surface area contributed by atoms with Gasteiger partial charge in [-0.05, 0) is 32.2 Å². The predicted octanol–water partition coefficient (Wildman–Crippen LogP) is 1.52. The molecule has 1 saturated carbocycles. The Hall–Kier alpha value is -1.20. The minimum Gasteiger partial charge on any atom is -0.396 e. The van der Waals surface area contributed by atoms with Gasteiger partial charge in [0.15, 0.2) is 0 Å². The first-order valence-electron chi connectivity index (χ1n) is 7.69. The van der Waals surface area contributed by atoms with E-state index in [9.17, 15) is 5.11 Å². The van der Waals surface area contributed by atoms with Crippen LogP contribution < -0.4 is 10.6 Å². The van der Waals surface area contributed by atoms with Gasteiger partial charge in [-0.1, -0.05) is 6.42 Å². The third-order valence-electron chi connectivity index (χ3n) is 4.80. The number of aliphatic hydroxyl groups is 1. The van der Waals surface area contributed by atoms with Crippen LogP contribution in [0.25, 0.3) is 0 Å². The molecule has 0 aromatic carbocycles. The third-order valence-corrected chi connectivity index (χ3v) is 4.80. The van der Waals surface area contributed by atoms with Gasteiger partial charge >= 0.3 is 0 Å². The molecule has 5 heteroatoms. The van der Waals surface area contributed by atoms with Crippen LogP contribution >= 0.6 is 0 Å². The highest BCUT2D eigenvalue weighted by atomic mass is 16.3. The third kappa shape index (κ3) is 2.94. The van der Waals surface area contributed by atoms with Crippen LogP contribution in [0.2, 0.25) is 0 Å². The number of nitrogens with one attached hydrogen (secondary N) is 2. The number of piperidine rings is 1. The highest BCUT2D eigenvalue weighted by molar-refractivity contribution is 5.36. The Balaban J connectivity index is 1.62. The maximum atomic E-state index is 9.49. The summed E-state index contributed by atoms with van der Waals surface area (Å²) in [5.74, 6) is 1.39. The molecular weight excluding hydrogens is 252 g/mol. The number of hydrogen-bond acceptors (Lipinski definition) is 5. The number of aliphatic hydroxyl groups excluding tert-OH is 1. The lowest BCUT2D eigenvalue weighted by Gasteiger charge is -2.40. The van der Waals surface area contributed by atoms with Crippen molar-refractivity contribution in [2.24, 2.45) is 5.41 Å². The molecule has 110 valence electrons. The summed E-state index contributed by atoms with van der Waals surface area (Å²) in [6.45, 7) is 3.20. The molecule has 3 N–H and O–H groups in total. The van der Waals surface area contributed by atoms with E-state index in [0.29, 0.717) is 5.92 Å². The van der Waals surface area contributed by atoms with Gasteiger partial charge < -0.3 is 15.7 Å². The molecule has 1 aromatic heterocycles. The van der Waals surface area contributed by atoms with Gasteiger partial charge in [0, 0.05) is 30.5 Å². The van der Waals surface area contributed by atoms with E-state index in [2.05, 4.69) is 26.7 Å². The first-order valence-corrected chi connectivity index (χ1v) is 7.69. The number of hydrogen-bond donors (Lipinski definition) is 3. The average Bonchev–Trinajstić information content (AvgIpc) is 2.48. The summed E-state index contributed by atoms with van der Waals surface area (Å²) in [6.07, 6.45) is 7.51. The Bertz CT molecular complexity index is 436. The molecule has 1 aliphatic carbocycles. The summed E-state index contributed by atoms with van der Waals surface area (Å²) in [4.78, 5) is 8.73. The SMILES string of the molecule is OCC1(CNc2cc(C3CCCNC3)ncn2)CCC1. The van der Waals surface area contributed by atoms with Crippen molar-refractivity contribution < 1.29 is 5.11 Å². The van der Waals surface area contributed by atoms with Gasteiger partial charge in [0.05, 0.1) is 12.3 Å². The minimum absolute atomic E-state index is 0.0809. The second kappa shape index (κ2) is 6.06. The summed E-state index contributed by atoms with van der Waals surface area (Å²) in [6, 6.07) is 2.07. The zero-order valence-corrected chi connectivity index (χ0v) is 11.9. The summed E-state index contributed by atoms with van der Waals surface area (Å²) >= 11 is 0. The Morgan fingerprint density at radius 2 is 2.25 bits per heavy atom. The van der Waals surface area contributed by atoms with E-state index >= 15 is 0 Å². The highest BCUT2D eigenvalue weighted by Gasteiger charge is 2.36. The van der Waals surface area contributed by atoms with Crippen molar-refractivity contribution in [2.45, 2.75) is 38.0 Å². The van der Waals surface area contributed by atoms with E-state index in [1.54, 1.807) is 6.33 Å². The van der Waals surface area contributed by atoms with Gasteiger partial charge in [-0.15, -0.1) is 0 Å². The van der Waals surface area contributed by atoms with Crippen LogP contribution in [0.1, 0.15) is 43.7 Å². The monoisotopic (exact) mass is 276 g/mol. The predicted molar refractivity (Wildman–Crippen MR) is 78.7 cm³/mol. The lowest BCUT2D eigenvalue weighted by Crippen LogP contribution is -2.40. The minimum atomic E-state index is 0.0809. The zero-order chi connectivity index (χ0) is 13.8. The molecule has 2 aliphatic rings. The highest BCUT2D eigenvalue weighted by Crippen LogP contribution is 2.40. The molecule has 1 unspecified atom stereocenters. The summed E-state index contributed by atoms with van der Waals surface area (Å²) in [5.41, 5.74) is 1.21. The number of nitrogens with zero attached hydrogens (tertiary/aromatic N) is 2. The van der Waals surface area contributed by atoms with E-state index < -0.39 is 0 Å². The van der Waals surface area contributed by atoms with E-state index in [-0.39, 0.29) is 12.0 Å². The Labute approximate surface area is 120 Å². The molecule has 2 fully saturated rings. The van der Waals surface area contributed by atoms with Crippen LogP contribution in [0.4, 0.5) is 5.82 Å². The fourth-order valence-electron chi connectivity index (χ4n) is 3.14. The van der Waals surface area contributed by atoms with Crippen LogP contribution in [0, 0.1) is 5.41 Å². The second-order valence-corrected chi connectivity index (χ2v) is 6.24. The van der Waals surface area contributed by atoms with Crippen molar-refractivity contribution in [3.63, 3.8) is 0 Å². The maximum Gasteiger partial charge on any atom is 0.129 e. The topological polar surface area (TPSA) is 70.1 Å². The van der Waals surface area contributed by atoms with Crippen LogP contribution in [0.3, 0.4) is 0 Å². The molecule has 5 nitrogen and oxygen atoms in total. The van der Waals surface area contributed by atoms with E-state index in [0.717, 1.165) is 44.0 Å². The Morgan fingerprint density at radius 1 is 1.35 bits per heavy atom. The standard InChI is InChI=1S/C15H24N4O/c20-10-15(4-2-5-15)9-17-14-7-13(18-11-19-14)12-3-1-6-16-8-12/h7,11-12,16,20H,1-6,8-10H2,(H,17,18,19). The number of rotatable bonds is 5. The fourth-order valence-corrected chi connectivity index (χ4v) is 3.14. The van der Waals surface area contributed by atoms with Gasteiger partial charge in [0.25, 0.3) is 0 Å². The van der Waals surface area contributed by atoms with Gasteiger partial charge in [0.2, 0.25) is 0 Å².